The topological polar surface area (TPSA) is 252 Å². The molecule has 4 aromatic heterocycles. The van der Waals surface area contributed by atoms with Gasteiger partial charge in [0.2, 0.25) is 23.6 Å². The van der Waals surface area contributed by atoms with Crippen LogP contribution in [-0.4, -0.2) is 151 Å². The lowest BCUT2D eigenvalue weighted by Gasteiger charge is -2.36. The van der Waals surface area contributed by atoms with Crippen molar-refractivity contribution in [2.24, 2.45) is 0 Å². The Kier molecular flexibility index (Phi) is 20.7. The highest BCUT2D eigenvalue weighted by atomic mass is 16.6. The van der Waals surface area contributed by atoms with Gasteiger partial charge in [-0.05, 0) is 157 Å². The molecule has 6 N–H and O–H groups in total. The van der Waals surface area contributed by atoms with Gasteiger partial charge in [-0.15, -0.1) is 0 Å². The molecule has 2 unspecified atom stereocenters. The van der Waals surface area contributed by atoms with Gasteiger partial charge in [-0.3, -0.25) is 34.0 Å². The Labute approximate surface area is 616 Å². The Balaban J connectivity index is 1.06. The van der Waals surface area contributed by atoms with E-state index >= 15 is 9.59 Å². The molecule has 2 atom stereocenters. The molecule has 6 amide bonds. The number of rotatable bonds is 1. The first-order valence-corrected chi connectivity index (χ1v) is 36.4. The lowest BCUT2D eigenvalue weighted by atomic mass is 9.96. The van der Waals surface area contributed by atoms with Crippen molar-refractivity contribution in [1.29, 1.82) is 0 Å². The van der Waals surface area contributed by atoms with Gasteiger partial charge in [0.05, 0.1) is 35.1 Å². The van der Waals surface area contributed by atoms with Crippen LogP contribution in [0.5, 0.6) is 0 Å². The summed E-state index contributed by atoms with van der Waals surface area (Å²) in [5.74, 6) is -1.01. The average Bonchev–Trinajstić information content (AvgIpc) is 1.59. The Morgan fingerprint density at radius 2 is 0.811 bits per heavy atom. The van der Waals surface area contributed by atoms with E-state index in [4.69, 9.17) is 24.4 Å². The van der Waals surface area contributed by atoms with Gasteiger partial charge in [-0.2, -0.15) is 0 Å². The van der Waals surface area contributed by atoms with Crippen molar-refractivity contribution in [2.45, 2.75) is 97.7 Å². The summed E-state index contributed by atoms with van der Waals surface area (Å²) in [6, 6.07) is 52.4. The fourth-order valence-corrected chi connectivity index (χ4v) is 14.1. The first-order valence-electron chi connectivity index (χ1n) is 36.4. The zero-order valence-electron chi connectivity index (χ0n) is 60.6. The number of aromatic nitrogens is 5. The van der Waals surface area contributed by atoms with Crippen LogP contribution in [0.3, 0.4) is 0 Å². The molecule has 1 saturated heterocycles. The third kappa shape index (κ3) is 16.6. The summed E-state index contributed by atoms with van der Waals surface area (Å²) in [6.45, 7) is 13.3. The SMILES string of the molecule is CC(C)(C)OC(=O)N1CCCN2CCC(=O)Nc3ccccc3-c3c4nc(c5c6ccc([nH]6)c(c6nc(c(c7ccc3[nH]7)-c3ccccc3NC(=O)CCc3ccc(cc3)CCC(=O)Nc3ccccc3-5)C(c3ccccn3)=C6)-c3ccccc3NC(=O)CCN(CC1)CN(C(=O)OC(C)(C)C)CC2)C=C4. The van der Waals surface area contributed by atoms with Crippen LogP contribution in [-0.2, 0) is 41.5 Å². The molecule has 18 rings (SSSR count). The third-order valence-corrected chi connectivity index (χ3v) is 19.2. The van der Waals surface area contributed by atoms with Crippen LogP contribution in [0.1, 0.15) is 113 Å². The van der Waals surface area contributed by atoms with Crippen LogP contribution >= 0.6 is 0 Å². The molecular formula is C85H87N13O8. The molecule has 16 bridgehead atoms. The van der Waals surface area contributed by atoms with E-state index in [9.17, 15) is 19.2 Å². The van der Waals surface area contributed by atoms with Crippen LogP contribution in [0.25, 0.3) is 90.4 Å². The average molecular weight is 1420 g/mol. The first kappa shape index (κ1) is 71.2. The maximum Gasteiger partial charge on any atom is 0.411 e. The molecule has 9 aliphatic heterocycles. The van der Waals surface area contributed by atoms with Gasteiger partial charge in [0.25, 0.3) is 0 Å². The highest BCUT2D eigenvalue weighted by molar-refractivity contribution is 6.10. The molecule has 0 spiro atoms. The summed E-state index contributed by atoms with van der Waals surface area (Å²) in [5, 5.41) is 13.3. The summed E-state index contributed by atoms with van der Waals surface area (Å²) in [7, 11) is 0. The summed E-state index contributed by atoms with van der Waals surface area (Å²) in [5.41, 5.74) is 13.3. The number of aryl methyl sites for hydroxylation is 2. The van der Waals surface area contributed by atoms with Crippen LogP contribution in [0, 0.1) is 0 Å². The van der Waals surface area contributed by atoms with E-state index in [1.807, 2.05) is 228 Å². The van der Waals surface area contributed by atoms with E-state index in [0.717, 1.165) is 11.1 Å². The van der Waals surface area contributed by atoms with Crippen molar-refractivity contribution in [3.8, 4) is 44.5 Å². The second kappa shape index (κ2) is 30.9. The number of benzene rings is 5. The number of carbonyl (C=O) groups excluding carboxylic acids is 6. The summed E-state index contributed by atoms with van der Waals surface area (Å²) < 4.78 is 12.1. The van der Waals surface area contributed by atoms with E-state index in [2.05, 4.69) is 36.1 Å². The molecule has 1 fully saturated rings. The van der Waals surface area contributed by atoms with Crippen molar-refractivity contribution in [3.63, 3.8) is 0 Å². The molecule has 21 nitrogen and oxygen atoms in total. The Bertz CT molecular complexity index is 5120. The predicted molar refractivity (Wildman–Crippen MR) is 418 cm³/mol. The van der Waals surface area contributed by atoms with E-state index in [1.54, 1.807) is 16.0 Å². The van der Waals surface area contributed by atoms with Crippen LogP contribution < -0.4 is 21.3 Å². The van der Waals surface area contributed by atoms with E-state index < -0.39 is 23.4 Å². The standard InChI is InChI=1S/C85H87N13O8/c1-84(2,3)105-82(103)97-45-17-44-95-46-41-75(101)92-63-24-12-8-19-57(63)78-67-34-33-66(87-67)77-56-18-7-11-23-62(56)90-73(99)39-31-54-27-29-55(30-28-54)32-40-74(100)91-65-26-14-10-21-59(65)80(71-38-37-69(78)89-71)81-60(61-22-15-16-43-86-61)52-72(94-81)79(70-36-35-68(77)88-70)58-20-9-13-25-64(58)93-76(102)42-47-96(49-50-97)53-98(51-48-95)83(104)106-85(4,5)6/h7-16,18-30,33-38,43,52,88-89H,17,31-32,39-42,44-51,53H2,1-6H3,(H,90,99)(H,91,100)(H,92,101)(H,93,102). The molecule has 9 aromatic rings. The molecular weight excluding hydrogens is 1330 g/mol. The lowest BCUT2D eigenvalue weighted by Crippen LogP contribution is -2.50. The molecule has 0 aliphatic carbocycles. The number of pyridine rings is 1. The van der Waals surface area contributed by atoms with Crippen LogP contribution in [0.15, 0.2) is 170 Å². The van der Waals surface area contributed by atoms with Gasteiger partial charge in [-0.25, -0.2) is 19.6 Å². The van der Waals surface area contributed by atoms with E-state index in [-0.39, 0.29) is 88.7 Å². The molecule has 21 heteroatoms. The Morgan fingerprint density at radius 3 is 1.29 bits per heavy atom. The third-order valence-electron chi connectivity index (χ3n) is 19.2. The Hall–Kier alpha value is -11.8. The van der Waals surface area contributed by atoms with Gasteiger partial charge in [0, 0.05) is 173 Å². The fraction of sp³-hybridized carbons (Fsp3) is 0.282. The smallest absolute Gasteiger partial charge is 0.411 e. The number of fused-ring (bicyclic) bond motifs is 6. The number of nitrogens with one attached hydrogen (secondary N) is 6. The quantitative estimate of drug-likeness (QED) is 0.0895. The van der Waals surface area contributed by atoms with Gasteiger partial charge >= 0.3 is 12.2 Å². The lowest BCUT2D eigenvalue weighted by molar-refractivity contribution is -0.117. The second-order valence-corrected chi connectivity index (χ2v) is 29.3. The number of amides is 6. The highest BCUT2D eigenvalue weighted by Gasteiger charge is 2.31. The fourth-order valence-electron chi connectivity index (χ4n) is 14.1. The molecule has 5 aromatic carbocycles. The Morgan fingerprint density at radius 1 is 0.396 bits per heavy atom. The first-order chi connectivity index (χ1) is 51.2. The van der Waals surface area contributed by atoms with Gasteiger partial charge in [-0.1, -0.05) is 103 Å². The van der Waals surface area contributed by atoms with Crippen molar-refractivity contribution in [1.82, 2.24) is 44.5 Å². The number of para-hydroxylation sites is 4. The molecule has 9 aliphatic rings. The summed E-state index contributed by atoms with van der Waals surface area (Å²) in [4.78, 5) is 120. The molecule has 106 heavy (non-hydrogen) atoms. The normalized spacial score (nSPS) is 17.2. The number of hydrogen-bond donors (Lipinski definition) is 6. The monoisotopic (exact) mass is 1420 g/mol. The molecule has 0 radical (unpaired) electrons. The van der Waals surface area contributed by atoms with E-state index in [0.29, 0.717) is 162 Å². The molecule has 0 saturated carbocycles. The largest absolute Gasteiger partial charge is 0.444 e. The number of H-pyrrole nitrogens is 2. The minimum absolute atomic E-state index is 0.0427. The minimum atomic E-state index is -0.844. The number of hydrogen-bond acceptors (Lipinski definition) is 13. The minimum Gasteiger partial charge on any atom is -0.444 e. The van der Waals surface area contributed by atoms with Gasteiger partial charge < -0.3 is 50.5 Å². The summed E-state index contributed by atoms with van der Waals surface area (Å²) in [6.07, 6.45) is 8.45. The maximum atomic E-state index is 15.2. The van der Waals surface area contributed by atoms with Crippen molar-refractivity contribution < 1.29 is 38.2 Å². The van der Waals surface area contributed by atoms with Crippen LogP contribution in [0.2, 0.25) is 0 Å². The highest BCUT2D eigenvalue weighted by Crippen LogP contribution is 2.46. The zero-order valence-corrected chi connectivity index (χ0v) is 60.6. The molecule has 13 heterocycles. The van der Waals surface area contributed by atoms with Crippen LogP contribution in [0.4, 0.5) is 32.3 Å². The second-order valence-electron chi connectivity index (χ2n) is 29.3. The number of carbonyl (C=O) groups is 6. The van der Waals surface area contributed by atoms with Gasteiger partial charge in [0.1, 0.15) is 11.2 Å². The molecule has 540 valence electrons. The van der Waals surface area contributed by atoms with Crippen molar-refractivity contribution >= 4 is 104 Å². The number of aromatic amines is 2. The van der Waals surface area contributed by atoms with Crippen molar-refractivity contribution in [2.75, 3.05) is 80.3 Å². The van der Waals surface area contributed by atoms with Gasteiger partial charge in [0.15, 0.2) is 0 Å². The number of anilines is 4. The number of nitrogens with zero attached hydrogens (tertiary/aromatic N) is 7. The predicted octanol–water partition coefficient (Wildman–Crippen LogP) is 15.7. The maximum absolute atomic E-state index is 15.2. The van der Waals surface area contributed by atoms with E-state index in [1.165, 1.54) is 0 Å². The van der Waals surface area contributed by atoms with Crippen molar-refractivity contribution in [3.05, 3.63) is 210 Å². The number of ether oxygens (including phenoxy) is 2. The summed E-state index contributed by atoms with van der Waals surface area (Å²) >= 11 is 0. The zero-order chi connectivity index (χ0) is 73.6.